The summed E-state index contributed by atoms with van der Waals surface area (Å²) in [6.45, 7) is -0.631. The van der Waals surface area contributed by atoms with Gasteiger partial charge in [0.2, 0.25) is 5.91 Å². The first-order valence-electron chi connectivity index (χ1n) is 14.6. The van der Waals surface area contributed by atoms with Crippen LogP contribution in [0.5, 0.6) is 11.5 Å². The lowest BCUT2D eigenvalue weighted by Gasteiger charge is -2.40. The summed E-state index contributed by atoms with van der Waals surface area (Å²) in [6, 6.07) is 14.6. The number of hydrogen-bond acceptors (Lipinski definition) is 9. The molecule has 47 heavy (non-hydrogen) atoms. The van der Waals surface area contributed by atoms with Crippen LogP contribution in [0.25, 0.3) is 11.0 Å². The largest absolute Gasteiger partial charge is 0.493 e. The Morgan fingerprint density at radius 1 is 1.11 bits per heavy atom. The van der Waals surface area contributed by atoms with Gasteiger partial charge in [0, 0.05) is 45.2 Å². The SMILES string of the molecule is COc1cc(C=O)cc2c1OC1C2C(C(=O)NCCO)=CC(N(Cc2ccc(Cl)cc2Cl)C(=O)c2cc3ccccc3oc2=O)C1O. The number of aldehydes is 1. The van der Waals surface area contributed by atoms with Crippen molar-refractivity contribution in [2.24, 2.45) is 0 Å². The highest BCUT2D eigenvalue weighted by Crippen LogP contribution is 2.51. The van der Waals surface area contributed by atoms with E-state index in [0.29, 0.717) is 27.8 Å². The molecule has 2 aliphatic rings. The summed E-state index contributed by atoms with van der Waals surface area (Å²) < 4.78 is 17.2. The third-order valence-electron chi connectivity index (χ3n) is 8.26. The third kappa shape index (κ3) is 5.98. The lowest BCUT2D eigenvalue weighted by atomic mass is 9.77. The highest BCUT2D eigenvalue weighted by Gasteiger charge is 2.51. The molecule has 4 aromatic rings. The van der Waals surface area contributed by atoms with Crippen LogP contribution in [0.15, 0.2) is 81.5 Å². The lowest BCUT2D eigenvalue weighted by Crippen LogP contribution is -2.56. The Morgan fingerprint density at radius 2 is 1.89 bits per heavy atom. The zero-order valence-electron chi connectivity index (χ0n) is 24.8. The van der Waals surface area contributed by atoms with Crippen molar-refractivity contribution in [2.75, 3.05) is 20.3 Å². The first-order valence-corrected chi connectivity index (χ1v) is 15.3. The molecule has 0 radical (unpaired) electrons. The van der Waals surface area contributed by atoms with E-state index in [2.05, 4.69) is 5.32 Å². The average Bonchev–Trinajstić information content (AvgIpc) is 3.46. The fourth-order valence-corrected chi connectivity index (χ4v) is 6.54. The van der Waals surface area contributed by atoms with Crippen LogP contribution in [0.4, 0.5) is 0 Å². The number of nitrogens with zero attached hydrogens (tertiary/aromatic N) is 1. The number of fused-ring (bicyclic) bond motifs is 4. The third-order valence-corrected chi connectivity index (χ3v) is 8.85. The molecule has 2 amide bonds. The summed E-state index contributed by atoms with van der Waals surface area (Å²) in [7, 11) is 1.39. The number of methoxy groups -OCH3 is 1. The lowest BCUT2D eigenvalue weighted by molar-refractivity contribution is -0.118. The monoisotopic (exact) mass is 678 g/mol. The summed E-state index contributed by atoms with van der Waals surface area (Å²) in [5, 5.41) is 25.1. The Balaban J connectivity index is 1.52. The molecule has 4 unspecified atom stereocenters. The Morgan fingerprint density at radius 3 is 2.62 bits per heavy atom. The minimum atomic E-state index is -1.46. The molecule has 4 atom stereocenters. The highest BCUT2D eigenvalue weighted by atomic mass is 35.5. The Hall–Kier alpha value is -4.68. The van der Waals surface area contributed by atoms with Crippen molar-refractivity contribution in [3.05, 3.63) is 115 Å². The fourth-order valence-electron chi connectivity index (χ4n) is 6.07. The zero-order valence-corrected chi connectivity index (χ0v) is 26.3. The summed E-state index contributed by atoms with van der Waals surface area (Å²) >= 11 is 12.6. The second kappa shape index (κ2) is 13.2. The first kappa shape index (κ1) is 32.3. The summed E-state index contributed by atoms with van der Waals surface area (Å²) in [5.74, 6) is -1.85. The van der Waals surface area contributed by atoms with Crippen molar-refractivity contribution >= 4 is 52.3 Å². The van der Waals surface area contributed by atoms with Crippen LogP contribution in [0.2, 0.25) is 10.0 Å². The van der Waals surface area contributed by atoms with Crippen LogP contribution in [-0.4, -0.2) is 71.7 Å². The topological polar surface area (TPSA) is 156 Å². The van der Waals surface area contributed by atoms with E-state index >= 15 is 0 Å². The molecular formula is C34H28Cl2N2O9. The van der Waals surface area contributed by atoms with Gasteiger partial charge in [0.05, 0.1) is 25.7 Å². The van der Waals surface area contributed by atoms with Crippen LogP contribution in [0, 0.1) is 0 Å². The maximum atomic E-state index is 14.4. The van der Waals surface area contributed by atoms with Gasteiger partial charge in [-0.25, -0.2) is 4.79 Å². The van der Waals surface area contributed by atoms with E-state index in [4.69, 9.17) is 37.1 Å². The number of halogens is 2. The van der Waals surface area contributed by atoms with Gasteiger partial charge in [-0.05, 0) is 48.0 Å². The highest BCUT2D eigenvalue weighted by molar-refractivity contribution is 6.35. The minimum absolute atomic E-state index is 0.0760. The van der Waals surface area contributed by atoms with Gasteiger partial charge in [-0.2, -0.15) is 0 Å². The Bertz CT molecular complexity index is 1990. The molecule has 13 heteroatoms. The van der Waals surface area contributed by atoms with Crippen LogP contribution in [0.1, 0.15) is 37.8 Å². The quantitative estimate of drug-likeness (QED) is 0.177. The molecule has 1 aromatic heterocycles. The smallest absolute Gasteiger partial charge is 0.349 e. The van der Waals surface area contributed by atoms with E-state index < -0.39 is 41.6 Å². The Labute approximate surface area is 277 Å². The van der Waals surface area contributed by atoms with Crippen molar-refractivity contribution in [3.8, 4) is 11.5 Å². The van der Waals surface area contributed by atoms with E-state index in [0.717, 1.165) is 0 Å². The maximum Gasteiger partial charge on any atom is 0.349 e. The number of aliphatic hydroxyl groups excluding tert-OH is 2. The summed E-state index contributed by atoms with van der Waals surface area (Å²) in [6.07, 6.45) is -0.538. The van der Waals surface area contributed by atoms with Crippen molar-refractivity contribution in [1.82, 2.24) is 10.2 Å². The van der Waals surface area contributed by atoms with E-state index in [1.165, 1.54) is 36.3 Å². The van der Waals surface area contributed by atoms with Gasteiger partial charge >= 0.3 is 5.63 Å². The number of rotatable bonds is 9. The molecular weight excluding hydrogens is 651 g/mol. The standard InChI is InChI=1S/C34H28Cl2N2O9/c1-45-27-11-17(16-40)10-21-28-22(32(42)37-8-9-39)14-25(29(41)31(28)47-30(21)27)38(15-19-6-7-20(35)13-24(19)36)33(43)23-12-18-4-2-3-5-26(18)46-34(23)44/h2-7,10-14,16,25,28-29,31,39,41H,8-9,15H2,1H3,(H,37,42). The molecule has 11 nitrogen and oxygen atoms in total. The molecule has 0 spiro atoms. The average molecular weight is 680 g/mol. The van der Waals surface area contributed by atoms with Crippen molar-refractivity contribution in [1.29, 1.82) is 0 Å². The number of benzene rings is 3. The zero-order chi connectivity index (χ0) is 33.4. The molecule has 0 saturated carbocycles. The maximum absolute atomic E-state index is 14.4. The van der Waals surface area contributed by atoms with Crippen molar-refractivity contribution in [2.45, 2.75) is 30.7 Å². The van der Waals surface area contributed by atoms with Crippen LogP contribution in [0.3, 0.4) is 0 Å². The van der Waals surface area contributed by atoms with E-state index in [1.54, 1.807) is 42.5 Å². The van der Waals surface area contributed by atoms with Crippen LogP contribution in [-0.2, 0) is 11.3 Å². The number of hydrogen-bond donors (Lipinski definition) is 3. The predicted molar refractivity (Wildman–Crippen MR) is 172 cm³/mol. The summed E-state index contributed by atoms with van der Waals surface area (Å²) in [4.78, 5) is 54.2. The molecule has 0 fully saturated rings. The second-order valence-electron chi connectivity index (χ2n) is 11.1. The number of carbonyl (C=O) groups excluding carboxylic acids is 3. The molecule has 3 aromatic carbocycles. The molecule has 242 valence electrons. The molecule has 2 heterocycles. The molecule has 1 aliphatic carbocycles. The van der Waals surface area contributed by atoms with Crippen LogP contribution >= 0.6 is 23.2 Å². The van der Waals surface area contributed by atoms with Crippen molar-refractivity contribution in [3.63, 3.8) is 0 Å². The molecule has 3 N–H and O–H groups in total. The normalized spacial score (nSPS) is 19.6. The second-order valence-corrected chi connectivity index (χ2v) is 11.9. The van der Waals surface area contributed by atoms with E-state index in [-0.39, 0.29) is 58.5 Å². The number of amides is 2. The number of carbonyl (C=O) groups is 3. The van der Waals surface area contributed by atoms with Gasteiger partial charge < -0.3 is 34.3 Å². The van der Waals surface area contributed by atoms with Crippen LogP contribution < -0.4 is 20.4 Å². The van der Waals surface area contributed by atoms with E-state index in [1.807, 2.05) is 0 Å². The number of aliphatic hydroxyl groups is 2. The van der Waals surface area contributed by atoms with Gasteiger partial charge in [-0.15, -0.1) is 0 Å². The molecule has 0 bridgehead atoms. The molecule has 0 saturated heterocycles. The minimum Gasteiger partial charge on any atom is -0.493 e. The van der Waals surface area contributed by atoms with E-state index in [9.17, 15) is 29.4 Å². The molecule has 1 aliphatic heterocycles. The molecule has 6 rings (SSSR count). The fraction of sp³-hybridized carbons (Fsp3) is 0.235. The predicted octanol–water partition coefficient (Wildman–Crippen LogP) is 3.89. The number of nitrogens with one attached hydrogen (secondary N) is 1. The Kier molecular flexibility index (Phi) is 9.07. The number of ether oxygens (including phenoxy) is 2. The van der Waals surface area contributed by atoms with Crippen molar-refractivity contribution < 1.29 is 38.5 Å². The van der Waals surface area contributed by atoms with Gasteiger partial charge in [-0.3, -0.25) is 14.4 Å². The summed E-state index contributed by atoms with van der Waals surface area (Å²) in [5.41, 5.74) is 0.303. The van der Waals surface area contributed by atoms with Gasteiger partial charge in [0.1, 0.15) is 29.6 Å². The van der Waals surface area contributed by atoms with Gasteiger partial charge in [0.15, 0.2) is 11.5 Å². The van der Waals surface area contributed by atoms with Gasteiger partial charge in [0.25, 0.3) is 5.91 Å². The first-order chi connectivity index (χ1) is 22.6. The number of para-hydroxylation sites is 1. The van der Waals surface area contributed by atoms with Gasteiger partial charge in [-0.1, -0.05) is 47.5 Å².